The zero-order chi connectivity index (χ0) is 18.6. The van der Waals surface area contributed by atoms with Gasteiger partial charge in [0.1, 0.15) is 12.1 Å². The number of nitrogens with zero attached hydrogens (tertiary/aromatic N) is 4. The molecule has 3 heterocycles. The number of likely N-dealkylation sites (tertiary alicyclic amines) is 1. The molecule has 1 aromatic heterocycles. The molecule has 1 amide bonds. The smallest absolute Gasteiger partial charge is 0.222 e. The molecule has 0 aliphatic carbocycles. The first-order valence-corrected chi connectivity index (χ1v) is 9.86. The summed E-state index contributed by atoms with van der Waals surface area (Å²) in [6.07, 6.45) is 8.53. The molecule has 2 fully saturated rings. The number of ether oxygens (including phenoxy) is 1. The van der Waals surface area contributed by atoms with Crippen LogP contribution < -0.4 is 4.90 Å². The highest BCUT2D eigenvalue weighted by atomic mass is 16.5. The number of hydrogen-bond acceptors (Lipinski definition) is 5. The monoisotopic (exact) mass is 360 g/mol. The topological polar surface area (TPSA) is 58.6 Å². The van der Waals surface area contributed by atoms with Crippen LogP contribution >= 0.6 is 0 Å². The third kappa shape index (κ3) is 4.17. The van der Waals surface area contributed by atoms with Crippen molar-refractivity contribution in [3.63, 3.8) is 0 Å². The molecular weight excluding hydrogens is 328 g/mol. The van der Waals surface area contributed by atoms with Gasteiger partial charge in [-0.15, -0.1) is 0 Å². The van der Waals surface area contributed by atoms with Crippen LogP contribution in [-0.4, -0.2) is 60.7 Å². The molecule has 1 atom stereocenters. The molecular formula is C20H32N4O2. The maximum atomic E-state index is 12.4. The second-order valence-corrected chi connectivity index (χ2v) is 8.14. The minimum Gasteiger partial charge on any atom is -0.385 e. The molecule has 2 saturated heterocycles. The van der Waals surface area contributed by atoms with E-state index in [4.69, 9.17) is 4.74 Å². The van der Waals surface area contributed by atoms with E-state index in [9.17, 15) is 4.79 Å². The van der Waals surface area contributed by atoms with Gasteiger partial charge in [0.2, 0.25) is 5.91 Å². The molecule has 3 rings (SSSR count). The number of carbonyl (C=O) groups excluding carboxylic acids is 1. The van der Waals surface area contributed by atoms with Crippen LogP contribution in [0, 0.1) is 5.41 Å². The second kappa shape index (κ2) is 8.33. The molecule has 0 N–H and O–H groups in total. The van der Waals surface area contributed by atoms with Crippen LogP contribution in [0.5, 0.6) is 0 Å². The molecule has 6 heteroatoms. The van der Waals surface area contributed by atoms with Gasteiger partial charge in [0.15, 0.2) is 0 Å². The number of rotatable bonds is 6. The van der Waals surface area contributed by atoms with Crippen molar-refractivity contribution in [3.8, 4) is 0 Å². The SMILES string of the molecule is COCCCN1C[C@@]2(CCCN(c3ncncc3C(C)C)C2)CCC1=O. The Morgan fingerprint density at radius 2 is 2.15 bits per heavy atom. The molecule has 26 heavy (non-hydrogen) atoms. The Morgan fingerprint density at radius 3 is 2.92 bits per heavy atom. The molecule has 2 aliphatic heterocycles. The van der Waals surface area contributed by atoms with Crippen molar-refractivity contribution in [1.29, 1.82) is 0 Å². The highest BCUT2D eigenvalue weighted by molar-refractivity contribution is 5.77. The van der Waals surface area contributed by atoms with Crippen LogP contribution in [0.25, 0.3) is 0 Å². The van der Waals surface area contributed by atoms with Crippen LogP contribution in [0.1, 0.15) is 57.4 Å². The Kier molecular flexibility index (Phi) is 6.12. The molecule has 0 unspecified atom stereocenters. The van der Waals surface area contributed by atoms with E-state index in [-0.39, 0.29) is 5.41 Å². The Balaban J connectivity index is 1.74. The lowest BCUT2D eigenvalue weighted by Crippen LogP contribution is -2.54. The number of amides is 1. The molecule has 1 aromatic rings. The van der Waals surface area contributed by atoms with E-state index >= 15 is 0 Å². The first-order valence-electron chi connectivity index (χ1n) is 9.86. The summed E-state index contributed by atoms with van der Waals surface area (Å²) in [6.45, 7) is 8.79. The highest BCUT2D eigenvalue weighted by Crippen LogP contribution is 2.40. The Labute approximate surface area is 156 Å². The van der Waals surface area contributed by atoms with Gasteiger partial charge in [-0.2, -0.15) is 0 Å². The van der Waals surface area contributed by atoms with Gasteiger partial charge in [0, 0.05) is 63.5 Å². The number of methoxy groups -OCH3 is 1. The zero-order valence-corrected chi connectivity index (χ0v) is 16.4. The molecule has 1 spiro atoms. The van der Waals surface area contributed by atoms with Gasteiger partial charge in [-0.1, -0.05) is 13.8 Å². The fourth-order valence-corrected chi connectivity index (χ4v) is 4.43. The van der Waals surface area contributed by atoms with Gasteiger partial charge >= 0.3 is 0 Å². The standard InChI is InChI=1S/C20H32N4O2/c1-16(2)17-12-21-15-22-19(17)24-9-4-7-20(14-24)8-6-18(25)23(13-20)10-5-11-26-3/h12,15-16H,4-11,13-14H2,1-3H3/t20-/m1/s1. The number of aromatic nitrogens is 2. The summed E-state index contributed by atoms with van der Waals surface area (Å²) in [5.74, 6) is 1.79. The van der Waals surface area contributed by atoms with Gasteiger partial charge in [0.25, 0.3) is 0 Å². The van der Waals surface area contributed by atoms with Crippen LogP contribution in [0.2, 0.25) is 0 Å². The van der Waals surface area contributed by atoms with Gasteiger partial charge in [0.05, 0.1) is 0 Å². The van der Waals surface area contributed by atoms with Crippen LogP contribution in [0.3, 0.4) is 0 Å². The van der Waals surface area contributed by atoms with Crippen molar-refractivity contribution in [3.05, 3.63) is 18.1 Å². The maximum Gasteiger partial charge on any atom is 0.222 e. The van der Waals surface area contributed by atoms with E-state index in [0.717, 1.165) is 51.3 Å². The third-order valence-electron chi connectivity index (χ3n) is 5.83. The number of carbonyl (C=O) groups is 1. The molecule has 0 saturated carbocycles. The molecule has 0 radical (unpaired) electrons. The third-order valence-corrected chi connectivity index (χ3v) is 5.83. The average Bonchev–Trinajstić information content (AvgIpc) is 2.65. The first-order chi connectivity index (χ1) is 12.5. The van der Waals surface area contributed by atoms with Crippen LogP contribution in [-0.2, 0) is 9.53 Å². The summed E-state index contributed by atoms with van der Waals surface area (Å²) in [5.41, 5.74) is 1.41. The van der Waals surface area contributed by atoms with E-state index in [0.29, 0.717) is 24.9 Å². The van der Waals surface area contributed by atoms with Crippen molar-refractivity contribution < 1.29 is 9.53 Å². The van der Waals surface area contributed by atoms with Crippen molar-refractivity contribution in [1.82, 2.24) is 14.9 Å². The molecule has 0 aromatic carbocycles. The van der Waals surface area contributed by atoms with Gasteiger partial charge in [-0.25, -0.2) is 9.97 Å². The van der Waals surface area contributed by atoms with Crippen LogP contribution in [0.4, 0.5) is 5.82 Å². The zero-order valence-electron chi connectivity index (χ0n) is 16.4. The Hall–Kier alpha value is -1.69. The summed E-state index contributed by atoms with van der Waals surface area (Å²) in [6, 6.07) is 0. The quantitative estimate of drug-likeness (QED) is 0.730. The Bertz CT molecular complexity index is 622. The lowest BCUT2D eigenvalue weighted by Gasteiger charge is -2.49. The highest BCUT2D eigenvalue weighted by Gasteiger charge is 2.42. The largest absolute Gasteiger partial charge is 0.385 e. The van der Waals surface area contributed by atoms with Crippen molar-refractivity contribution in [2.45, 2.75) is 51.9 Å². The van der Waals surface area contributed by atoms with Crippen molar-refractivity contribution in [2.24, 2.45) is 5.41 Å². The fraction of sp³-hybridized carbons (Fsp3) is 0.750. The molecule has 0 bridgehead atoms. The minimum atomic E-state index is 0.193. The predicted molar refractivity (Wildman–Crippen MR) is 102 cm³/mol. The summed E-state index contributed by atoms with van der Waals surface area (Å²) in [7, 11) is 1.71. The maximum absolute atomic E-state index is 12.4. The molecule has 6 nitrogen and oxygen atoms in total. The number of hydrogen-bond donors (Lipinski definition) is 0. The number of piperidine rings is 2. The van der Waals surface area contributed by atoms with E-state index < -0.39 is 0 Å². The summed E-state index contributed by atoms with van der Waals surface area (Å²) in [5, 5.41) is 0. The minimum absolute atomic E-state index is 0.193. The van der Waals surface area contributed by atoms with E-state index in [1.54, 1.807) is 13.4 Å². The first kappa shape index (κ1) is 19.1. The lowest BCUT2D eigenvalue weighted by molar-refractivity contribution is -0.138. The summed E-state index contributed by atoms with van der Waals surface area (Å²) < 4.78 is 5.16. The number of anilines is 1. The van der Waals surface area contributed by atoms with Crippen molar-refractivity contribution in [2.75, 3.05) is 44.8 Å². The Morgan fingerprint density at radius 1 is 1.31 bits per heavy atom. The second-order valence-electron chi connectivity index (χ2n) is 8.14. The fourth-order valence-electron chi connectivity index (χ4n) is 4.43. The van der Waals surface area contributed by atoms with E-state index in [1.165, 1.54) is 12.0 Å². The normalized spacial score (nSPS) is 23.9. The summed E-state index contributed by atoms with van der Waals surface area (Å²) in [4.78, 5) is 25.7. The molecule has 144 valence electrons. The van der Waals surface area contributed by atoms with Crippen LogP contribution in [0.15, 0.2) is 12.5 Å². The van der Waals surface area contributed by atoms with Gasteiger partial charge in [-0.05, 0) is 31.6 Å². The predicted octanol–water partition coefficient (Wildman–Crippen LogP) is 2.85. The average molecular weight is 361 g/mol. The van der Waals surface area contributed by atoms with E-state index in [1.807, 2.05) is 6.20 Å². The molecule has 2 aliphatic rings. The van der Waals surface area contributed by atoms with Crippen molar-refractivity contribution >= 4 is 11.7 Å². The van der Waals surface area contributed by atoms with Gasteiger partial charge < -0.3 is 14.5 Å². The summed E-state index contributed by atoms with van der Waals surface area (Å²) >= 11 is 0. The lowest BCUT2D eigenvalue weighted by atomic mass is 9.73. The van der Waals surface area contributed by atoms with Gasteiger partial charge in [-0.3, -0.25) is 4.79 Å². The van der Waals surface area contributed by atoms with E-state index in [2.05, 4.69) is 33.6 Å².